The highest BCUT2D eigenvalue weighted by molar-refractivity contribution is 5.66. The topological polar surface area (TPSA) is 12.0 Å². The molecule has 0 bridgehead atoms. The van der Waals surface area contributed by atoms with Crippen LogP contribution < -0.4 is 5.32 Å². The quantitative estimate of drug-likeness (QED) is 0.844. The second kappa shape index (κ2) is 5.23. The molecule has 1 aromatic carbocycles. The van der Waals surface area contributed by atoms with Gasteiger partial charge in [-0.25, -0.2) is 4.39 Å². The zero-order chi connectivity index (χ0) is 12.4. The summed E-state index contributed by atoms with van der Waals surface area (Å²) in [5.41, 5.74) is 3.42. The van der Waals surface area contributed by atoms with Crippen LogP contribution in [-0.4, -0.2) is 6.04 Å². The van der Waals surface area contributed by atoms with E-state index in [9.17, 15) is 4.39 Å². The molecule has 0 amide bonds. The van der Waals surface area contributed by atoms with E-state index < -0.39 is 0 Å². The van der Waals surface area contributed by atoms with Crippen molar-refractivity contribution in [2.45, 2.75) is 51.1 Å². The summed E-state index contributed by atoms with van der Waals surface area (Å²) in [6.07, 6.45) is 9.66. The molecule has 0 aliphatic heterocycles. The lowest BCUT2D eigenvalue weighted by Gasteiger charge is -2.14. The average molecular weight is 245 g/mol. The van der Waals surface area contributed by atoms with E-state index in [1.54, 1.807) is 6.07 Å². The van der Waals surface area contributed by atoms with Crippen LogP contribution in [0.3, 0.4) is 0 Å². The Balaban J connectivity index is 1.77. The van der Waals surface area contributed by atoms with Gasteiger partial charge in [0, 0.05) is 18.2 Å². The molecule has 0 heterocycles. The predicted octanol–water partition coefficient (Wildman–Crippen LogP) is 4.04. The van der Waals surface area contributed by atoms with Gasteiger partial charge in [-0.15, -0.1) is 0 Å². The third-order valence-electron chi connectivity index (χ3n) is 3.87. The first-order chi connectivity index (χ1) is 8.83. The van der Waals surface area contributed by atoms with Crippen molar-refractivity contribution in [1.29, 1.82) is 0 Å². The van der Waals surface area contributed by atoms with Crippen molar-refractivity contribution >= 4 is 5.57 Å². The Morgan fingerprint density at radius 1 is 1.22 bits per heavy atom. The molecule has 1 saturated carbocycles. The Morgan fingerprint density at radius 2 is 2.11 bits per heavy atom. The molecular weight excluding hydrogens is 225 g/mol. The Hall–Kier alpha value is -1.15. The fourth-order valence-electron chi connectivity index (χ4n) is 2.55. The van der Waals surface area contributed by atoms with Crippen molar-refractivity contribution in [1.82, 2.24) is 5.32 Å². The maximum atomic E-state index is 13.7. The Morgan fingerprint density at radius 3 is 2.83 bits per heavy atom. The molecule has 0 saturated heterocycles. The summed E-state index contributed by atoms with van der Waals surface area (Å²) in [7, 11) is 0. The van der Waals surface area contributed by atoms with E-state index in [0.717, 1.165) is 12.0 Å². The van der Waals surface area contributed by atoms with Gasteiger partial charge in [-0.2, -0.15) is 0 Å². The highest BCUT2D eigenvalue weighted by Crippen LogP contribution is 2.28. The monoisotopic (exact) mass is 245 g/mol. The van der Waals surface area contributed by atoms with Crippen LogP contribution in [0.15, 0.2) is 24.3 Å². The fraction of sp³-hybridized carbons (Fsp3) is 0.500. The zero-order valence-corrected chi connectivity index (χ0v) is 10.7. The second-order valence-corrected chi connectivity index (χ2v) is 5.44. The molecule has 2 heteroatoms. The Labute approximate surface area is 108 Å². The lowest BCUT2D eigenvalue weighted by molar-refractivity contribution is 0.586. The van der Waals surface area contributed by atoms with Gasteiger partial charge < -0.3 is 5.32 Å². The first kappa shape index (κ1) is 11.9. The smallest absolute Gasteiger partial charge is 0.127 e. The molecule has 0 aromatic heterocycles. The van der Waals surface area contributed by atoms with E-state index in [0.29, 0.717) is 12.6 Å². The fourth-order valence-corrected chi connectivity index (χ4v) is 2.55. The van der Waals surface area contributed by atoms with Gasteiger partial charge >= 0.3 is 0 Å². The first-order valence-corrected chi connectivity index (χ1v) is 7.04. The van der Waals surface area contributed by atoms with Crippen molar-refractivity contribution in [3.05, 3.63) is 41.2 Å². The van der Waals surface area contributed by atoms with E-state index >= 15 is 0 Å². The van der Waals surface area contributed by atoms with Crippen molar-refractivity contribution in [3.8, 4) is 0 Å². The minimum Gasteiger partial charge on any atom is -0.310 e. The molecule has 18 heavy (non-hydrogen) atoms. The second-order valence-electron chi connectivity index (χ2n) is 5.44. The molecule has 96 valence electrons. The number of rotatable bonds is 4. The maximum absolute atomic E-state index is 13.7. The highest BCUT2D eigenvalue weighted by atomic mass is 19.1. The summed E-state index contributed by atoms with van der Waals surface area (Å²) in [6, 6.07) is 6.20. The SMILES string of the molecule is Fc1ccc(C2=CCCCC2)cc1CNC1CC1. The zero-order valence-electron chi connectivity index (χ0n) is 10.7. The molecular formula is C16H20FN. The third kappa shape index (κ3) is 2.81. The predicted molar refractivity (Wildman–Crippen MR) is 72.7 cm³/mol. The lowest BCUT2D eigenvalue weighted by atomic mass is 9.93. The van der Waals surface area contributed by atoms with Crippen molar-refractivity contribution in [2.75, 3.05) is 0 Å². The molecule has 2 aliphatic carbocycles. The van der Waals surface area contributed by atoms with Crippen molar-refractivity contribution in [2.24, 2.45) is 0 Å². The minimum absolute atomic E-state index is 0.0803. The summed E-state index contributed by atoms with van der Waals surface area (Å²) in [4.78, 5) is 0. The van der Waals surface area contributed by atoms with E-state index in [-0.39, 0.29) is 5.82 Å². The van der Waals surface area contributed by atoms with Gasteiger partial charge in [-0.3, -0.25) is 0 Å². The van der Waals surface area contributed by atoms with Crippen LogP contribution in [-0.2, 0) is 6.54 Å². The number of benzene rings is 1. The number of nitrogens with one attached hydrogen (secondary N) is 1. The maximum Gasteiger partial charge on any atom is 0.127 e. The molecule has 1 N–H and O–H groups in total. The van der Waals surface area contributed by atoms with E-state index in [2.05, 4.69) is 11.4 Å². The van der Waals surface area contributed by atoms with Crippen LogP contribution in [0.2, 0.25) is 0 Å². The normalized spacial score (nSPS) is 19.7. The van der Waals surface area contributed by atoms with Crippen LogP contribution in [0.25, 0.3) is 5.57 Å². The minimum atomic E-state index is -0.0803. The number of halogens is 1. The molecule has 1 nitrogen and oxygen atoms in total. The van der Waals surface area contributed by atoms with Gasteiger partial charge in [-0.05, 0) is 61.8 Å². The molecule has 2 aliphatic rings. The van der Waals surface area contributed by atoms with Gasteiger partial charge in [0.1, 0.15) is 5.82 Å². The average Bonchev–Trinajstić information content (AvgIpc) is 3.23. The van der Waals surface area contributed by atoms with Crippen molar-refractivity contribution < 1.29 is 4.39 Å². The lowest BCUT2D eigenvalue weighted by Crippen LogP contribution is -2.16. The van der Waals surface area contributed by atoms with E-state index in [1.807, 2.05) is 12.1 Å². The Bertz CT molecular complexity index is 460. The summed E-state index contributed by atoms with van der Waals surface area (Å²) in [5.74, 6) is -0.0803. The Kier molecular flexibility index (Phi) is 3.46. The van der Waals surface area contributed by atoms with Gasteiger partial charge in [0.05, 0.1) is 0 Å². The summed E-state index contributed by atoms with van der Waals surface area (Å²) in [6.45, 7) is 0.664. The van der Waals surface area contributed by atoms with Crippen molar-refractivity contribution in [3.63, 3.8) is 0 Å². The number of hydrogen-bond acceptors (Lipinski definition) is 1. The van der Waals surface area contributed by atoms with Crippen LogP contribution >= 0.6 is 0 Å². The van der Waals surface area contributed by atoms with E-state index in [4.69, 9.17) is 0 Å². The standard InChI is InChI=1S/C16H20FN/c17-16-9-6-13(12-4-2-1-3-5-12)10-14(16)11-18-15-7-8-15/h4,6,9-10,15,18H,1-3,5,7-8,11H2. The van der Waals surface area contributed by atoms with Crippen LogP contribution in [0.1, 0.15) is 49.7 Å². The highest BCUT2D eigenvalue weighted by Gasteiger charge is 2.20. The third-order valence-corrected chi connectivity index (χ3v) is 3.87. The van der Waals surface area contributed by atoms with Gasteiger partial charge in [0.15, 0.2) is 0 Å². The van der Waals surface area contributed by atoms with Crippen LogP contribution in [0, 0.1) is 5.82 Å². The molecule has 0 unspecified atom stereocenters. The number of hydrogen-bond donors (Lipinski definition) is 1. The molecule has 3 rings (SSSR count). The molecule has 1 aromatic rings. The molecule has 0 atom stereocenters. The molecule has 0 spiro atoms. The van der Waals surface area contributed by atoms with E-state index in [1.165, 1.54) is 43.2 Å². The molecule has 0 radical (unpaired) electrons. The van der Waals surface area contributed by atoms with Gasteiger partial charge in [0.25, 0.3) is 0 Å². The molecule has 1 fully saturated rings. The number of allylic oxidation sites excluding steroid dienone is 2. The van der Waals surface area contributed by atoms with Gasteiger partial charge in [-0.1, -0.05) is 12.1 Å². The summed E-state index contributed by atoms with van der Waals surface area (Å²) < 4.78 is 13.7. The first-order valence-electron chi connectivity index (χ1n) is 7.04. The van der Waals surface area contributed by atoms with Gasteiger partial charge in [0.2, 0.25) is 0 Å². The van der Waals surface area contributed by atoms with Crippen LogP contribution in [0.5, 0.6) is 0 Å². The summed E-state index contributed by atoms with van der Waals surface area (Å²) in [5, 5.41) is 3.38. The largest absolute Gasteiger partial charge is 0.310 e. The van der Waals surface area contributed by atoms with Crippen LogP contribution in [0.4, 0.5) is 4.39 Å². The summed E-state index contributed by atoms with van der Waals surface area (Å²) >= 11 is 0.